The molecule has 164 valence electrons. The SMILES string of the molecule is COc1ccc(C(=O)Nc2ccc(C(=O)NCC3CCCN4CCCCC34)cc2)cc1. The van der Waals surface area contributed by atoms with Crippen LogP contribution in [0.3, 0.4) is 0 Å². The van der Waals surface area contributed by atoms with E-state index >= 15 is 0 Å². The van der Waals surface area contributed by atoms with Crippen molar-refractivity contribution >= 4 is 17.5 Å². The smallest absolute Gasteiger partial charge is 0.255 e. The van der Waals surface area contributed by atoms with E-state index in [9.17, 15) is 9.59 Å². The average Bonchev–Trinajstić information content (AvgIpc) is 2.83. The summed E-state index contributed by atoms with van der Waals surface area (Å²) < 4.78 is 5.12. The van der Waals surface area contributed by atoms with E-state index in [0.29, 0.717) is 34.5 Å². The molecular weight excluding hydrogens is 390 g/mol. The highest BCUT2D eigenvalue weighted by molar-refractivity contribution is 6.04. The Morgan fingerprint density at radius 2 is 1.58 bits per heavy atom. The number of fused-ring (bicyclic) bond motifs is 1. The van der Waals surface area contributed by atoms with Crippen molar-refractivity contribution in [2.24, 2.45) is 5.92 Å². The molecule has 2 aliphatic rings. The Morgan fingerprint density at radius 1 is 0.903 bits per heavy atom. The molecule has 0 spiro atoms. The standard InChI is InChI=1S/C25H31N3O3/c1-31-22-13-9-19(10-14-22)25(30)27-21-11-7-18(8-12-21)24(29)26-17-20-5-4-16-28-15-3-2-6-23(20)28/h7-14,20,23H,2-6,15-17H2,1H3,(H,26,29)(H,27,30). The number of nitrogens with one attached hydrogen (secondary N) is 2. The van der Waals surface area contributed by atoms with Crippen molar-refractivity contribution < 1.29 is 14.3 Å². The van der Waals surface area contributed by atoms with E-state index in [1.807, 2.05) is 0 Å². The molecule has 6 nitrogen and oxygen atoms in total. The van der Waals surface area contributed by atoms with Gasteiger partial charge >= 0.3 is 0 Å². The number of ether oxygens (including phenoxy) is 1. The molecule has 2 atom stereocenters. The maximum Gasteiger partial charge on any atom is 0.255 e. The van der Waals surface area contributed by atoms with Crippen LogP contribution < -0.4 is 15.4 Å². The van der Waals surface area contributed by atoms with Gasteiger partial charge in [0.05, 0.1) is 7.11 Å². The Hall–Kier alpha value is -2.86. The summed E-state index contributed by atoms with van der Waals surface area (Å²) in [5.41, 5.74) is 1.81. The molecule has 0 aromatic heterocycles. The van der Waals surface area contributed by atoms with Crippen molar-refractivity contribution in [1.82, 2.24) is 10.2 Å². The zero-order chi connectivity index (χ0) is 21.6. The maximum absolute atomic E-state index is 12.6. The molecule has 6 heteroatoms. The Kier molecular flexibility index (Phi) is 6.87. The van der Waals surface area contributed by atoms with Gasteiger partial charge in [0.25, 0.3) is 11.8 Å². The Labute approximate surface area is 184 Å². The van der Waals surface area contributed by atoms with E-state index in [1.165, 1.54) is 45.2 Å². The second-order valence-electron chi connectivity index (χ2n) is 8.47. The van der Waals surface area contributed by atoms with Crippen LogP contribution >= 0.6 is 0 Å². The van der Waals surface area contributed by atoms with Crippen molar-refractivity contribution in [2.75, 3.05) is 32.1 Å². The third kappa shape index (κ3) is 5.25. The van der Waals surface area contributed by atoms with Crippen molar-refractivity contribution in [3.63, 3.8) is 0 Å². The lowest BCUT2D eigenvalue weighted by atomic mass is 9.83. The van der Waals surface area contributed by atoms with Crippen LogP contribution in [-0.2, 0) is 0 Å². The number of carbonyl (C=O) groups is 2. The third-order valence-corrected chi connectivity index (χ3v) is 6.51. The number of nitrogens with zero attached hydrogens (tertiary/aromatic N) is 1. The number of amides is 2. The summed E-state index contributed by atoms with van der Waals surface area (Å²) in [5, 5.41) is 5.99. The molecule has 2 aromatic rings. The number of carbonyl (C=O) groups excluding carboxylic acids is 2. The summed E-state index contributed by atoms with van der Waals surface area (Å²) in [7, 11) is 1.59. The quantitative estimate of drug-likeness (QED) is 0.741. The molecule has 2 fully saturated rings. The van der Waals surface area contributed by atoms with Gasteiger partial charge in [-0.05, 0) is 93.2 Å². The molecule has 0 aliphatic carbocycles. The Balaban J connectivity index is 1.30. The van der Waals surface area contributed by atoms with Gasteiger partial charge in [0.2, 0.25) is 0 Å². The first-order chi connectivity index (χ1) is 15.1. The molecule has 0 radical (unpaired) electrons. The molecule has 31 heavy (non-hydrogen) atoms. The fourth-order valence-electron chi connectivity index (χ4n) is 4.79. The van der Waals surface area contributed by atoms with Crippen LogP contribution in [0.5, 0.6) is 5.75 Å². The predicted molar refractivity (Wildman–Crippen MR) is 122 cm³/mol. The molecule has 2 unspecified atom stereocenters. The fourth-order valence-corrected chi connectivity index (χ4v) is 4.79. The van der Waals surface area contributed by atoms with Crippen LogP contribution in [-0.4, -0.2) is 49.5 Å². The summed E-state index contributed by atoms with van der Waals surface area (Å²) in [6.45, 7) is 3.15. The number of piperidine rings is 2. The zero-order valence-electron chi connectivity index (χ0n) is 18.1. The van der Waals surface area contributed by atoms with E-state index in [0.717, 1.165) is 6.54 Å². The fraction of sp³-hybridized carbons (Fsp3) is 0.440. The number of rotatable bonds is 6. The molecule has 2 amide bonds. The van der Waals surface area contributed by atoms with Crippen molar-refractivity contribution in [3.8, 4) is 5.75 Å². The minimum atomic E-state index is -0.200. The number of hydrogen-bond acceptors (Lipinski definition) is 4. The van der Waals surface area contributed by atoms with Crippen molar-refractivity contribution in [2.45, 2.75) is 38.1 Å². The van der Waals surface area contributed by atoms with Crippen LogP contribution in [0.1, 0.15) is 52.8 Å². The highest BCUT2D eigenvalue weighted by Crippen LogP contribution is 2.30. The Bertz CT molecular complexity index is 893. The first-order valence-corrected chi connectivity index (χ1v) is 11.2. The topological polar surface area (TPSA) is 70.7 Å². The lowest BCUT2D eigenvalue weighted by Gasteiger charge is -2.44. The molecule has 0 bridgehead atoms. The van der Waals surface area contributed by atoms with Crippen LogP contribution in [0.25, 0.3) is 0 Å². The summed E-state index contributed by atoms with van der Waals surface area (Å²) in [5.74, 6) is 0.993. The molecule has 2 aromatic carbocycles. The van der Waals surface area contributed by atoms with Gasteiger partial charge in [0, 0.05) is 29.4 Å². The first kappa shape index (κ1) is 21.4. The van der Waals surface area contributed by atoms with Crippen molar-refractivity contribution in [3.05, 3.63) is 59.7 Å². The molecule has 2 aliphatic heterocycles. The molecule has 0 saturated carbocycles. The molecule has 4 rings (SSSR count). The van der Waals surface area contributed by atoms with Gasteiger partial charge in [0.15, 0.2) is 0 Å². The largest absolute Gasteiger partial charge is 0.497 e. The first-order valence-electron chi connectivity index (χ1n) is 11.2. The number of methoxy groups -OCH3 is 1. The summed E-state index contributed by atoms with van der Waals surface area (Å²) >= 11 is 0. The number of benzene rings is 2. The third-order valence-electron chi connectivity index (χ3n) is 6.51. The van der Waals surface area contributed by atoms with Crippen molar-refractivity contribution in [1.29, 1.82) is 0 Å². The van der Waals surface area contributed by atoms with Gasteiger partial charge in [-0.2, -0.15) is 0 Å². The van der Waals surface area contributed by atoms with E-state index in [4.69, 9.17) is 4.74 Å². The Morgan fingerprint density at radius 3 is 2.32 bits per heavy atom. The lowest BCUT2D eigenvalue weighted by molar-refractivity contribution is 0.0575. The lowest BCUT2D eigenvalue weighted by Crippen LogP contribution is -2.51. The van der Waals surface area contributed by atoms with E-state index in [1.54, 1.807) is 55.6 Å². The minimum absolute atomic E-state index is 0.0547. The zero-order valence-corrected chi connectivity index (χ0v) is 18.1. The van der Waals surface area contributed by atoms with Gasteiger partial charge in [0.1, 0.15) is 5.75 Å². The summed E-state index contributed by atoms with van der Waals surface area (Å²) in [6, 6.07) is 14.6. The monoisotopic (exact) mass is 421 g/mol. The van der Waals surface area contributed by atoms with Gasteiger partial charge in [-0.3, -0.25) is 9.59 Å². The van der Waals surface area contributed by atoms with E-state index in [-0.39, 0.29) is 11.8 Å². The second kappa shape index (κ2) is 9.96. The maximum atomic E-state index is 12.6. The molecule has 2 saturated heterocycles. The van der Waals surface area contributed by atoms with E-state index < -0.39 is 0 Å². The molecule has 2 heterocycles. The highest BCUT2D eigenvalue weighted by Gasteiger charge is 2.32. The number of hydrogen-bond donors (Lipinski definition) is 2. The van der Waals surface area contributed by atoms with Crippen LogP contribution in [0, 0.1) is 5.92 Å². The highest BCUT2D eigenvalue weighted by atomic mass is 16.5. The average molecular weight is 422 g/mol. The molecular formula is C25H31N3O3. The van der Waals surface area contributed by atoms with Crippen LogP contribution in [0.2, 0.25) is 0 Å². The minimum Gasteiger partial charge on any atom is -0.497 e. The van der Waals surface area contributed by atoms with Crippen LogP contribution in [0.4, 0.5) is 5.69 Å². The second-order valence-corrected chi connectivity index (χ2v) is 8.47. The normalized spacial score (nSPS) is 21.1. The van der Waals surface area contributed by atoms with Crippen LogP contribution in [0.15, 0.2) is 48.5 Å². The van der Waals surface area contributed by atoms with Gasteiger partial charge in [-0.15, -0.1) is 0 Å². The van der Waals surface area contributed by atoms with Gasteiger partial charge in [-0.25, -0.2) is 0 Å². The van der Waals surface area contributed by atoms with Gasteiger partial charge < -0.3 is 20.3 Å². The number of anilines is 1. The predicted octanol–water partition coefficient (Wildman–Crippen LogP) is 3.94. The summed E-state index contributed by atoms with van der Waals surface area (Å²) in [4.78, 5) is 27.6. The molecule has 2 N–H and O–H groups in total. The van der Waals surface area contributed by atoms with Gasteiger partial charge in [-0.1, -0.05) is 6.42 Å². The summed E-state index contributed by atoms with van der Waals surface area (Å²) in [6.07, 6.45) is 6.27. The van der Waals surface area contributed by atoms with E-state index in [2.05, 4.69) is 15.5 Å².